The second-order valence-electron chi connectivity index (χ2n) is 4.78. The van der Waals surface area contributed by atoms with Gasteiger partial charge in [0.15, 0.2) is 5.75 Å². The van der Waals surface area contributed by atoms with Gasteiger partial charge >= 0.3 is 13.8 Å². The van der Waals surface area contributed by atoms with E-state index in [0.717, 1.165) is 0 Å². The summed E-state index contributed by atoms with van der Waals surface area (Å²) in [5, 5.41) is 0. The molecule has 134 valence electrons. The molecule has 25 heavy (non-hydrogen) atoms. The second-order valence-corrected chi connectivity index (χ2v) is 6.19. The summed E-state index contributed by atoms with van der Waals surface area (Å²) < 4.78 is 27.7. The van der Waals surface area contributed by atoms with Crippen molar-refractivity contribution in [3.63, 3.8) is 0 Å². The first-order valence-corrected chi connectivity index (χ1v) is 8.76. The van der Waals surface area contributed by atoms with Gasteiger partial charge in [0.05, 0.1) is 7.11 Å². The fourth-order valence-corrected chi connectivity index (χ4v) is 2.67. The van der Waals surface area contributed by atoms with Crippen molar-refractivity contribution in [1.29, 1.82) is 0 Å². The third-order valence-corrected chi connectivity index (χ3v) is 3.87. The van der Waals surface area contributed by atoms with Gasteiger partial charge in [-0.05, 0) is 31.2 Å². The largest absolute Gasteiger partial charge is 0.627 e. The summed E-state index contributed by atoms with van der Waals surface area (Å²) in [5.41, 5.74) is 2.36. The number of phosphoric ester groups is 1. The van der Waals surface area contributed by atoms with Gasteiger partial charge < -0.3 is 18.8 Å². The van der Waals surface area contributed by atoms with Gasteiger partial charge in [-0.25, -0.2) is 9.36 Å². The maximum absolute atomic E-state index is 12.8. The highest BCUT2D eigenvalue weighted by atomic mass is 31.2. The number of hydroxylamine groups is 1. The molecule has 1 N–H and O–H groups in total. The molecule has 0 saturated heterocycles. The topological polar surface area (TPSA) is 92.3 Å². The standard InChI is InChI=1S/C16H18NO7P/c1-13(17-20-2)16(18)23-25(19,22-15-11-7-4-8-12-15)24-21-14-9-5-3-6-10-14/h3-13,17H,1-2H3/t13-,25?/m0/s1. The first kappa shape index (κ1) is 19.0. The van der Waals surface area contributed by atoms with Crippen LogP contribution in [0.5, 0.6) is 11.5 Å². The Bertz CT molecular complexity index is 711. The molecule has 1 unspecified atom stereocenters. The monoisotopic (exact) mass is 367 g/mol. The zero-order chi connectivity index (χ0) is 18.1. The predicted octanol–water partition coefficient (Wildman–Crippen LogP) is 3.27. The Hall–Kier alpha value is -2.38. The minimum atomic E-state index is -4.41. The third-order valence-electron chi connectivity index (χ3n) is 2.78. The van der Waals surface area contributed by atoms with E-state index in [1.165, 1.54) is 26.2 Å². The van der Waals surface area contributed by atoms with Gasteiger partial charge in [0.1, 0.15) is 11.8 Å². The lowest BCUT2D eigenvalue weighted by Gasteiger charge is -2.18. The molecule has 9 heteroatoms. The Kier molecular flexibility index (Phi) is 6.97. The number of benzene rings is 2. The predicted molar refractivity (Wildman–Crippen MR) is 88.5 cm³/mol. The Morgan fingerprint density at radius 1 is 1.00 bits per heavy atom. The van der Waals surface area contributed by atoms with E-state index >= 15 is 0 Å². The van der Waals surface area contributed by atoms with Crippen molar-refractivity contribution in [2.75, 3.05) is 7.11 Å². The van der Waals surface area contributed by atoms with E-state index in [0.29, 0.717) is 0 Å². The van der Waals surface area contributed by atoms with Crippen LogP contribution >= 0.6 is 7.82 Å². The Balaban J connectivity index is 2.12. The van der Waals surface area contributed by atoms with Crippen LogP contribution in [0.1, 0.15) is 6.92 Å². The third kappa shape index (κ3) is 6.21. The van der Waals surface area contributed by atoms with E-state index in [-0.39, 0.29) is 11.5 Å². The van der Waals surface area contributed by atoms with Crippen LogP contribution in [-0.4, -0.2) is 19.1 Å². The van der Waals surface area contributed by atoms with Crippen LogP contribution in [0.2, 0.25) is 0 Å². The molecule has 0 aromatic heterocycles. The maximum Gasteiger partial charge on any atom is 0.627 e. The molecule has 0 spiro atoms. The van der Waals surface area contributed by atoms with E-state index < -0.39 is 19.8 Å². The van der Waals surface area contributed by atoms with Crippen LogP contribution in [0.3, 0.4) is 0 Å². The van der Waals surface area contributed by atoms with Gasteiger partial charge in [-0.1, -0.05) is 41.1 Å². The second kappa shape index (κ2) is 9.19. The minimum absolute atomic E-state index is 0.183. The Morgan fingerprint density at radius 2 is 1.56 bits per heavy atom. The average molecular weight is 367 g/mol. The van der Waals surface area contributed by atoms with Crippen LogP contribution in [0.25, 0.3) is 0 Å². The molecule has 2 aromatic carbocycles. The number of phosphoric acid groups is 1. The molecule has 0 aliphatic heterocycles. The summed E-state index contributed by atoms with van der Waals surface area (Å²) in [6.45, 7) is 1.46. The maximum atomic E-state index is 12.8. The van der Waals surface area contributed by atoms with Crippen molar-refractivity contribution in [2.24, 2.45) is 0 Å². The van der Waals surface area contributed by atoms with Gasteiger partial charge in [-0.3, -0.25) is 0 Å². The highest BCUT2D eigenvalue weighted by molar-refractivity contribution is 7.49. The molecule has 0 bridgehead atoms. The molecule has 0 heterocycles. The molecule has 8 nitrogen and oxygen atoms in total. The zero-order valence-electron chi connectivity index (χ0n) is 13.7. The van der Waals surface area contributed by atoms with E-state index in [1.54, 1.807) is 48.5 Å². The van der Waals surface area contributed by atoms with Gasteiger partial charge in [0.25, 0.3) is 0 Å². The molecule has 0 fully saturated rings. The summed E-state index contributed by atoms with van der Waals surface area (Å²) in [7, 11) is -3.08. The molecule has 0 radical (unpaired) electrons. The Morgan fingerprint density at radius 3 is 2.12 bits per heavy atom. The minimum Gasteiger partial charge on any atom is -0.393 e. The van der Waals surface area contributed by atoms with Gasteiger partial charge in [-0.15, -0.1) is 0 Å². The normalized spacial score (nSPS) is 14.2. The summed E-state index contributed by atoms with van der Waals surface area (Å²) >= 11 is 0. The lowest BCUT2D eigenvalue weighted by Crippen LogP contribution is -2.34. The quantitative estimate of drug-likeness (QED) is 0.410. The van der Waals surface area contributed by atoms with Crippen LogP contribution in [0, 0.1) is 0 Å². The van der Waals surface area contributed by atoms with E-state index in [9.17, 15) is 9.36 Å². The summed E-state index contributed by atoms with van der Waals surface area (Å²) in [6, 6.07) is 15.5. The van der Waals surface area contributed by atoms with Crippen molar-refractivity contribution in [1.82, 2.24) is 5.48 Å². The molecular weight excluding hydrogens is 349 g/mol. The zero-order valence-corrected chi connectivity index (χ0v) is 14.6. The van der Waals surface area contributed by atoms with Crippen LogP contribution < -0.4 is 14.9 Å². The summed E-state index contributed by atoms with van der Waals surface area (Å²) in [4.78, 5) is 21.6. The number of hydrogen-bond donors (Lipinski definition) is 1. The van der Waals surface area contributed by atoms with E-state index in [1.807, 2.05) is 0 Å². The van der Waals surface area contributed by atoms with Crippen molar-refractivity contribution in [3.05, 3.63) is 60.7 Å². The van der Waals surface area contributed by atoms with Gasteiger partial charge in [-0.2, -0.15) is 5.48 Å². The molecule has 2 rings (SSSR count). The van der Waals surface area contributed by atoms with Crippen LogP contribution in [0.4, 0.5) is 0 Å². The summed E-state index contributed by atoms with van der Waals surface area (Å²) in [6.07, 6.45) is 0. The smallest absolute Gasteiger partial charge is 0.393 e. The van der Waals surface area contributed by atoms with Crippen molar-refractivity contribution < 1.29 is 32.8 Å². The first-order valence-electron chi connectivity index (χ1n) is 7.30. The van der Waals surface area contributed by atoms with E-state index in [4.69, 9.17) is 18.6 Å². The number of rotatable bonds is 9. The molecular formula is C16H18NO7P. The van der Waals surface area contributed by atoms with Crippen molar-refractivity contribution >= 4 is 13.8 Å². The van der Waals surface area contributed by atoms with Crippen LogP contribution in [0.15, 0.2) is 60.7 Å². The molecule has 0 amide bonds. The van der Waals surface area contributed by atoms with Crippen molar-refractivity contribution in [3.8, 4) is 11.5 Å². The number of carbonyl (C=O) groups excluding carboxylic acids is 1. The molecule has 2 aromatic rings. The number of hydrogen-bond acceptors (Lipinski definition) is 8. The fourth-order valence-electron chi connectivity index (χ4n) is 1.64. The van der Waals surface area contributed by atoms with Gasteiger partial charge in [0.2, 0.25) is 0 Å². The lowest BCUT2D eigenvalue weighted by molar-refractivity contribution is -0.152. The SMILES string of the molecule is CON[C@@H](C)C(=O)OP(=O)(OOc1ccccc1)Oc1ccccc1. The van der Waals surface area contributed by atoms with Gasteiger partial charge in [0, 0.05) is 0 Å². The number of carbonyl (C=O) groups is 1. The highest BCUT2D eigenvalue weighted by Crippen LogP contribution is 2.50. The molecule has 2 atom stereocenters. The highest BCUT2D eigenvalue weighted by Gasteiger charge is 2.37. The molecule has 0 aliphatic rings. The van der Waals surface area contributed by atoms with Crippen molar-refractivity contribution in [2.45, 2.75) is 13.0 Å². The Labute approximate surface area is 145 Å². The average Bonchev–Trinajstić information content (AvgIpc) is 2.62. The van der Waals surface area contributed by atoms with Crippen LogP contribution in [-0.2, 0) is 23.4 Å². The first-order chi connectivity index (χ1) is 12.0. The lowest BCUT2D eigenvalue weighted by atomic mass is 10.3. The fraction of sp³-hybridized carbons (Fsp3) is 0.188. The van der Waals surface area contributed by atoms with E-state index in [2.05, 4.69) is 10.3 Å². The number of nitrogens with one attached hydrogen (secondary N) is 1. The summed E-state index contributed by atoms with van der Waals surface area (Å²) in [5.74, 6) is -0.459. The molecule has 0 aliphatic carbocycles. The molecule has 0 saturated carbocycles. The number of para-hydroxylation sites is 2.